The van der Waals surface area contributed by atoms with Gasteiger partial charge in [0.2, 0.25) is 0 Å². The number of aliphatic imine (C=N–C) groups is 1. The van der Waals surface area contributed by atoms with Gasteiger partial charge in [-0.05, 0) is 31.2 Å². The van der Waals surface area contributed by atoms with Gasteiger partial charge in [-0.2, -0.15) is 5.10 Å². The summed E-state index contributed by atoms with van der Waals surface area (Å²) in [4.78, 5) is 13.7. The molecule has 1 aliphatic rings. The molecule has 3 rings (SSSR count). The van der Waals surface area contributed by atoms with Crippen molar-refractivity contribution in [1.29, 1.82) is 5.41 Å². The topological polar surface area (TPSA) is 77.6 Å². The number of hydrazone groups is 1. The molecule has 6 nitrogen and oxygen atoms in total. The fourth-order valence-electron chi connectivity index (χ4n) is 2.39. The highest BCUT2D eigenvalue weighted by Gasteiger charge is 2.16. The normalized spacial score (nSPS) is 13.6. The molecule has 2 heterocycles. The monoisotopic (exact) mass is 406 g/mol. The third kappa shape index (κ3) is 6.40. The molecule has 0 bridgehead atoms. The molecule has 1 aliphatic heterocycles. The van der Waals surface area contributed by atoms with Crippen LogP contribution in [0.2, 0.25) is 0 Å². The van der Waals surface area contributed by atoms with Crippen molar-refractivity contribution >= 4 is 39.8 Å². The average molecular weight is 407 g/mol. The molecule has 29 heavy (non-hydrogen) atoms. The third-order valence-electron chi connectivity index (χ3n) is 3.64. The SMILES string of the molecule is C#C.C/C=C(\C=N)C1=NN(C(=NC)Sc2ccc3ncncc3c2)CC=C1.CC. The van der Waals surface area contributed by atoms with Crippen molar-refractivity contribution < 1.29 is 0 Å². The molecule has 0 unspecified atom stereocenters. The summed E-state index contributed by atoms with van der Waals surface area (Å²) in [5, 5.41) is 15.7. The van der Waals surface area contributed by atoms with Crippen LogP contribution < -0.4 is 0 Å². The highest BCUT2D eigenvalue weighted by Crippen LogP contribution is 2.26. The lowest BCUT2D eigenvalue weighted by Crippen LogP contribution is -2.28. The first-order valence-corrected chi connectivity index (χ1v) is 9.94. The van der Waals surface area contributed by atoms with Gasteiger partial charge in [-0.15, -0.1) is 12.8 Å². The molecule has 0 radical (unpaired) electrons. The molecule has 150 valence electrons. The maximum Gasteiger partial charge on any atom is 0.184 e. The van der Waals surface area contributed by atoms with Crippen molar-refractivity contribution in [3.05, 3.63) is 54.5 Å². The van der Waals surface area contributed by atoms with Crippen LogP contribution in [0.1, 0.15) is 20.8 Å². The summed E-state index contributed by atoms with van der Waals surface area (Å²) in [7, 11) is 1.76. The second-order valence-corrected chi connectivity index (χ2v) is 6.25. The third-order valence-corrected chi connectivity index (χ3v) is 4.71. The van der Waals surface area contributed by atoms with Crippen LogP contribution in [0.5, 0.6) is 0 Å². The van der Waals surface area contributed by atoms with Crippen molar-refractivity contribution in [2.24, 2.45) is 10.1 Å². The predicted octanol–water partition coefficient (Wildman–Crippen LogP) is 4.81. The number of amidine groups is 1. The smallest absolute Gasteiger partial charge is 0.184 e. The van der Waals surface area contributed by atoms with Crippen LogP contribution in [0.15, 0.2) is 69.5 Å². The van der Waals surface area contributed by atoms with Crippen molar-refractivity contribution in [3.8, 4) is 12.8 Å². The maximum atomic E-state index is 7.50. The zero-order valence-electron chi connectivity index (χ0n) is 17.2. The number of fused-ring (bicyclic) bond motifs is 1. The molecular weight excluding hydrogens is 380 g/mol. The number of hydrogen-bond acceptors (Lipinski definition) is 6. The van der Waals surface area contributed by atoms with Gasteiger partial charge < -0.3 is 5.41 Å². The first-order valence-electron chi connectivity index (χ1n) is 9.12. The Kier molecular flexibility index (Phi) is 10.7. The van der Waals surface area contributed by atoms with Crippen LogP contribution in [-0.2, 0) is 0 Å². The van der Waals surface area contributed by atoms with Gasteiger partial charge in [0.25, 0.3) is 0 Å². The fraction of sp³-hybridized carbons (Fsp3) is 0.227. The van der Waals surface area contributed by atoms with Gasteiger partial charge >= 0.3 is 0 Å². The number of nitrogens with zero attached hydrogens (tertiary/aromatic N) is 5. The lowest BCUT2D eigenvalue weighted by molar-refractivity contribution is 0.499. The van der Waals surface area contributed by atoms with Crippen molar-refractivity contribution in [3.63, 3.8) is 0 Å². The quantitative estimate of drug-likeness (QED) is 0.343. The number of hydrogen-bond donors (Lipinski definition) is 1. The Bertz CT molecular complexity index is 956. The van der Waals surface area contributed by atoms with Gasteiger partial charge in [-0.25, -0.2) is 15.0 Å². The molecule has 2 aromatic rings. The van der Waals surface area contributed by atoms with E-state index in [9.17, 15) is 0 Å². The van der Waals surface area contributed by atoms with Gasteiger partial charge in [0.05, 0.1) is 17.8 Å². The maximum absolute atomic E-state index is 7.50. The molecule has 0 saturated carbocycles. The lowest BCUT2D eigenvalue weighted by Gasteiger charge is -2.22. The predicted molar refractivity (Wildman–Crippen MR) is 126 cm³/mol. The summed E-state index contributed by atoms with van der Waals surface area (Å²) in [5.41, 5.74) is 2.46. The van der Waals surface area contributed by atoms with Gasteiger partial charge in [0.1, 0.15) is 6.33 Å². The number of nitrogens with one attached hydrogen (secondary N) is 1. The van der Waals surface area contributed by atoms with E-state index in [1.165, 1.54) is 6.21 Å². The van der Waals surface area contributed by atoms with E-state index in [4.69, 9.17) is 5.41 Å². The molecule has 0 amide bonds. The number of allylic oxidation sites excluding steroid dienone is 3. The Balaban J connectivity index is 0.000000989. The first kappa shape index (κ1) is 23.8. The molecule has 0 fully saturated rings. The summed E-state index contributed by atoms with van der Waals surface area (Å²) in [6, 6.07) is 6.04. The Morgan fingerprint density at radius 2 is 2.07 bits per heavy atom. The van der Waals surface area contributed by atoms with E-state index >= 15 is 0 Å². The molecule has 0 aliphatic carbocycles. The van der Waals surface area contributed by atoms with Gasteiger partial charge in [-0.3, -0.25) is 4.99 Å². The van der Waals surface area contributed by atoms with Crippen LogP contribution in [0.3, 0.4) is 0 Å². The molecule has 0 atom stereocenters. The minimum absolute atomic E-state index is 0.648. The Labute approximate surface area is 177 Å². The second kappa shape index (κ2) is 13.0. The van der Waals surface area contributed by atoms with Gasteiger partial charge in [0.15, 0.2) is 5.17 Å². The lowest BCUT2D eigenvalue weighted by atomic mass is 10.1. The van der Waals surface area contributed by atoms with E-state index in [0.717, 1.165) is 32.3 Å². The Morgan fingerprint density at radius 1 is 1.31 bits per heavy atom. The summed E-state index contributed by atoms with van der Waals surface area (Å²) < 4.78 is 0. The minimum atomic E-state index is 0.648. The first-order chi connectivity index (χ1) is 14.2. The van der Waals surface area contributed by atoms with E-state index in [2.05, 4.69) is 32.9 Å². The summed E-state index contributed by atoms with van der Waals surface area (Å²) >= 11 is 1.54. The summed E-state index contributed by atoms with van der Waals surface area (Å²) in [6.45, 7) is 6.55. The zero-order chi connectivity index (χ0) is 21.6. The largest absolute Gasteiger partial charge is 0.308 e. The van der Waals surface area contributed by atoms with Crippen LogP contribution in [-0.4, -0.2) is 45.7 Å². The molecule has 0 saturated heterocycles. The van der Waals surface area contributed by atoms with E-state index in [1.54, 1.807) is 31.3 Å². The average Bonchev–Trinajstić information content (AvgIpc) is 2.81. The van der Waals surface area contributed by atoms with Gasteiger partial charge in [0, 0.05) is 35.3 Å². The highest BCUT2D eigenvalue weighted by molar-refractivity contribution is 8.13. The molecular formula is C22H26N6S. The standard InChI is InChI=1S/C18H18N6S.C2H6.C2H2/c1-3-13(10-19)17-5-4-8-24(23-17)18(20-2)25-15-6-7-16-14(9-15)11-21-12-22-16;2*1-2/h3-7,9-12,19H,8H2,1-2H3;1-2H3;1-2H/b13-3+,19-10?,20-18?;;. The number of rotatable bonds is 3. The molecule has 0 spiro atoms. The van der Waals surface area contributed by atoms with E-state index in [0.29, 0.717) is 6.54 Å². The second-order valence-electron chi connectivity index (χ2n) is 5.21. The molecule has 1 aromatic heterocycles. The fourth-order valence-corrected chi connectivity index (χ4v) is 3.24. The number of terminal acetylenes is 1. The molecule has 7 heteroatoms. The minimum Gasteiger partial charge on any atom is -0.308 e. The highest BCUT2D eigenvalue weighted by atomic mass is 32.2. The van der Waals surface area contributed by atoms with E-state index in [1.807, 2.05) is 62.2 Å². The molecule has 1 aromatic carbocycles. The number of thioether (sulfide) groups is 1. The van der Waals surface area contributed by atoms with Crippen molar-refractivity contribution in [2.45, 2.75) is 25.7 Å². The summed E-state index contributed by atoms with van der Waals surface area (Å²) in [5.74, 6) is 0. The van der Waals surface area contributed by atoms with E-state index in [-0.39, 0.29) is 0 Å². The van der Waals surface area contributed by atoms with E-state index < -0.39 is 0 Å². The number of aromatic nitrogens is 2. The van der Waals surface area contributed by atoms with Crippen LogP contribution >= 0.6 is 11.8 Å². The van der Waals surface area contributed by atoms with Crippen LogP contribution in [0.25, 0.3) is 10.9 Å². The van der Waals surface area contributed by atoms with Crippen LogP contribution in [0.4, 0.5) is 0 Å². The summed E-state index contributed by atoms with van der Waals surface area (Å²) in [6.07, 6.45) is 18.5. The Hall–Kier alpha value is -3.24. The molecule has 1 N–H and O–H groups in total. The van der Waals surface area contributed by atoms with Crippen molar-refractivity contribution in [1.82, 2.24) is 15.0 Å². The number of benzene rings is 1. The Morgan fingerprint density at radius 3 is 2.72 bits per heavy atom. The van der Waals surface area contributed by atoms with Gasteiger partial charge in [-0.1, -0.05) is 37.8 Å². The van der Waals surface area contributed by atoms with Crippen molar-refractivity contribution in [2.75, 3.05) is 13.6 Å². The zero-order valence-corrected chi connectivity index (χ0v) is 18.0. The van der Waals surface area contributed by atoms with Crippen LogP contribution in [0, 0.1) is 18.3 Å².